The Hall–Kier alpha value is -2.47. The Bertz CT molecular complexity index is 848. The van der Waals surface area contributed by atoms with Crippen molar-refractivity contribution in [3.8, 4) is 11.5 Å². The van der Waals surface area contributed by atoms with Gasteiger partial charge in [0.15, 0.2) is 11.0 Å². The molecule has 0 aliphatic heterocycles. The van der Waals surface area contributed by atoms with Crippen LogP contribution in [0.4, 0.5) is 0 Å². The van der Waals surface area contributed by atoms with Crippen molar-refractivity contribution < 1.29 is 9.47 Å². The molecule has 0 saturated carbocycles. The van der Waals surface area contributed by atoms with Crippen LogP contribution >= 0.6 is 11.8 Å². The molecule has 6 heteroatoms. The topological polar surface area (TPSA) is 49.2 Å². The van der Waals surface area contributed by atoms with E-state index in [-0.39, 0.29) is 0 Å². The fourth-order valence-electron chi connectivity index (χ4n) is 2.36. The highest BCUT2D eigenvalue weighted by Crippen LogP contribution is 2.23. The smallest absolute Gasteiger partial charge is 0.191 e. The third-order valence-electron chi connectivity index (χ3n) is 3.78. The fraction of sp³-hybridized carbons (Fsp3) is 0.263. The van der Waals surface area contributed by atoms with Crippen molar-refractivity contribution in [2.45, 2.75) is 24.4 Å². The van der Waals surface area contributed by atoms with Gasteiger partial charge in [-0.3, -0.25) is 0 Å². The summed E-state index contributed by atoms with van der Waals surface area (Å²) in [5, 5.41) is 9.38. The van der Waals surface area contributed by atoms with Gasteiger partial charge in [-0.15, -0.1) is 10.2 Å². The lowest BCUT2D eigenvalue weighted by Gasteiger charge is -2.07. The zero-order valence-electron chi connectivity index (χ0n) is 14.6. The van der Waals surface area contributed by atoms with Crippen LogP contribution in [0.3, 0.4) is 0 Å². The van der Waals surface area contributed by atoms with Crippen molar-refractivity contribution >= 4 is 11.8 Å². The zero-order valence-corrected chi connectivity index (χ0v) is 15.4. The van der Waals surface area contributed by atoms with Gasteiger partial charge in [0.05, 0.1) is 7.11 Å². The number of nitrogens with zero attached hydrogens (tertiary/aromatic N) is 3. The molecule has 3 aromatic rings. The van der Waals surface area contributed by atoms with Crippen LogP contribution in [0.25, 0.3) is 0 Å². The Morgan fingerprint density at radius 3 is 2.64 bits per heavy atom. The summed E-state index contributed by atoms with van der Waals surface area (Å²) >= 11 is 1.64. The van der Waals surface area contributed by atoms with Crippen molar-refractivity contribution in [1.82, 2.24) is 14.8 Å². The Morgan fingerprint density at radius 1 is 1.04 bits per heavy atom. The first-order valence-electron chi connectivity index (χ1n) is 7.99. The molecule has 0 N–H and O–H groups in total. The summed E-state index contributed by atoms with van der Waals surface area (Å²) < 4.78 is 13.0. The van der Waals surface area contributed by atoms with E-state index in [2.05, 4.69) is 16.3 Å². The van der Waals surface area contributed by atoms with E-state index in [4.69, 9.17) is 9.47 Å². The Labute approximate surface area is 152 Å². The van der Waals surface area contributed by atoms with E-state index in [1.54, 1.807) is 18.9 Å². The molecule has 1 aromatic heterocycles. The lowest BCUT2D eigenvalue weighted by atomic mass is 10.2. The molecule has 0 radical (unpaired) electrons. The average molecular weight is 355 g/mol. The molecule has 0 aliphatic carbocycles. The molecule has 1 heterocycles. The third kappa shape index (κ3) is 4.54. The van der Waals surface area contributed by atoms with Gasteiger partial charge in [0, 0.05) is 12.8 Å². The Morgan fingerprint density at radius 2 is 1.84 bits per heavy atom. The van der Waals surface area contributed by atoms with E-state index in [0.717, 1.165) is 28.2 Å². The van der Waals surface area contributed by atoms with Crippen LogP contribution in [0.2, 0.25) is 0 Å². The highest BCUT2D eigenvalue weighted by atomic mass is 32.2. The van der Waals surface area contributed by atoms with Crippen LogP contribution in [0, 0.1) is 6.92 Å². The SMILES string of the molecule is COc1cccc(CSc2nnc(COc3cccc(C)c3)n2C)c1. The van der Waals surface area contributed by atoms with Crippen LogP contribution in [0.15, 0.2) is 53.7 Å². The quantitative estimate of drug-likeness (QED) is 0.600. The number of rotatable bonds is 7. The van der Waals surface area contributed by atoms with Crippen LogP contribution in [0.5, 0.6) is 11.5 Å². The van der Waals surface area contributed by atoms with Crippen LogP contribution < -0.4 is 9.47 Å². The van der Waals surface area contributed by atoms with E-state index >= 15 is 0 Å². The summed E-state index contributed by atoms with van der Waals surface area (Å²) in [5.41, 5.74) is 2.36. The highest BCUT2D eigenvalue weighted by molar-refractivity contribution is 7.98. The van der Waals surface area contributed by atoms with Gasteiger partial charge in [0.25, 0.3) is 0 Å². The van der Waals surface area contributed by atoms with Gasteiger partial charge in [-0.25, -0.2) is 0 Å². The first kappa shape index (κ1) is 17.4. The number of benzene rings is 2. The minimum Gasteiger partial charge on any atom is -0.497 e. The highest BCUT2D eigenvalue weighted by Gasteiger charge is 2.10. The first-order chi connectivity index (χ1) is 12.2. The van der Waals surface area contributed by atoms with Gasteiger partial charge in [-0.1, -0.05) is 36.0 Å². The number of aromatic nitrogens is 3. The van der Waals surface area contributed by atoms with E-state index in [1.807, 2.05) is 61.0 Å². The van der Waals surface area contributed by atoms with E-state index in [1.165, 1.54) is 11.1 Å². The lowest BCUT2D eigenvalue weighted by molar-refractivity contribution is 0.290. The number of ether oxygens (including phenoxy) is 2. The largest absolute Gasteiger partial charge is 0.497 e. The van der Waals surface area contributed by atoms with Crippen molar-refractivity contribution in [1.29, 1.82) is 0 Å². The summed E-state index contributed by atoms with van der Waals surface area (Å²) in [7, 11) is 3.64. The van der Waals surface area contributed by atoms with Crippen LogP contribution in [0.1, 0.15) is 17.0 Å². The van der Waals surface area contributed by atoms with Crippen molar-refractivity contribution in [3.05, 3.63) is 65.5 Å². The molecule has 0 atom stereocenters. The first-order valence-corrected chi connectivity index (χ1v) is 8.98. The predicted molar refractivity (Wildman–Crippen MR) is 99.1 cm³/mol. The van der Waals surface area contributed by atoms with Gasteiger partial charge in [-0.2, -0.15) is 0 Å². The number of hydrogen-bond donors (Lipinski definition) is 0. The maximum absolute atomic E-state index is 5.81. The molecule has 0 unspecified atom stereocenters. The minimum absolute atomic E-state index is 0.396. The molecule has 2 aromatic carbocycles. The molecule has 0 bridgehead atoms. The fourth-order valence-corrected chi connectivity index (χ4v) is 3.23. The molecular formula is C19H21N3O2S. The molecule has 0 saturated heterocycles. The molecule has 0 amide bonds. The monoisotopic (exact) mass is 355 g/mol. The van der Waals surface area contributed by atoms with Gasteiger partial charge in [-0.05, 0) is 42.3 Å². The second-order valence-corrected chi connectivity index (χ2v) is 6.65. The number of hydrogen-bond acceptors (Lipinski definition) is 5. The molecular weight excluding hydrogens is 334 g/mol. The summed E-state index contributed by atoms with van der Waals surface area (Å²) in [4.78, 5) is 0. The van der Waals surface area contributed by atoms with Crippen molar-refractivity contribution in [2.75, 3.05) is 7.11 Å². The van der Waals surface area contributed by atoms with Gasteiger partial charge in [0.1, 0.15) is 18.1 Å². The third-order valence-corrected chi connectivity index (χ3v) is 4.88. The molecule has 3 rings (SSSR count). The normalized spacial score (nSPS) is 10.7. The Balaban J connectivity index is 1.60. The summed E-state index contributed by atoms with van der Waals surface area (Å²) in [6, 6.07) is 16.0. The summed E-state index contributed by atoms with van der Waals surface area (Å²) in [6.45, 7) is 2.44. The summed E-state index contributed by atoms with van der Waals surface area (Å²) in [5.74, 6) is 3.31. The van der Waals surface area contributed by atoms with Gasteiger partial charge < -0.3 is 14.0 Å². The lowest BCUT2D eigenvalue weighted by Crippen LogP contribution is -2.04. The Kier molecular flexibility index (Phi) is 5.60. The zero-order chi connectivity index (χ0) is 17.6. The summed E-state index contributed by atoms with van der Waals surface area (Å²) in [6.07, 6.45) is 0. The molecule has 0 aliphatic rings. The van der Waals surface area contributed by atoms with Crippen molar-refractivity contribution in [2.24, 2.45) is 7.05 Å². The number of aryl methyl sites for hydroxylation is 1. The van der Waals surface area contributed by atoms with Crippen LogP contribution in [-0.4, -0.2) is 21.9 Å². The second-order valence-electron chi connectivity index (χ2n) is 5.70. The maximum Gasteiger partial charge on any atom is 0.191 e. The van der Waals surface area contributed by atoms with E-state index in [9.17, 15) is 0 Å². The van der Waals surface area contributed by atoms with Crippen molar-refractivity contribution in [3.63, 3.8) is 0 Å². The maximum atomic E-state index is 5.81. The molecule has 25 heavy (non-hydrogen) atoms. The molecule has 130 valence electrons. The average Bonchev–Trinajstić information content (AvgIpc) is 2.98. The minimum atomic E-state index is 0.396. The number of thioether (sulfide) groups is 1. The van der Waals surface area contributed by atoms with Gasteiger partial charge in [0.2, 0.25) is 0 Å². The van der Waals surface area contributed by atoms with E-state index in [0.29, 0.717) is 6.61 Å². The van der Waals surface area contributed by atoms with E-state index < -0.39 is 0 Å². The molecule has 0 spiro atoms. The molecule has 0 fully saturated rings. The predicted octanol–water partition coefficient (Wildman–Crippen LogP) is 4.00. The van der Waals surface area contributed by atoms with Gasteiger partial charge >= 0.3 is 0 Å². The number of methoxy groups -OCH3 is 1. The van der Waals surface area contributed by atoms with Crippen LogP contribution in [-0.2, 0) is 19.4 Å². The molecule has 5 nitrogen and oxygen atoms in total. The standard InChI is InChI=1S/C19H21N3O2S/c1-14-6-4-9-17(10-14)24-12-18-20-21-19(22(18)2)25-13-15-7-5-8-16(11-15)23-3/h4-11H,12-13H2,1-3H3. The second kappa shape index (κ2) is 8.07.